The van der Waals surface area contributed by atoms with E-state index in [0.717, 1.165) is 16.8 Å². The molecular formula is C18H16N6O. The van der Waals surface area contributed by atoms with Gasteiger partial charge in [-0.25, -0.2) is 14.5 Å². The van der Waals surface area contributed by atoms with Crippen molar-refractivity contribution in [2.75, 3.05) is 18.6 Å². The number of nitrogens with two attached hydrogens (primary N) is 2. The lowest BCUT2D eigenvalue weighted by molar-refractivity contribution is 0.398. The molecule has 0 bridgehead atoms. The number of anilines is 2. The van der Waals surface area contributed by atoms with Crippen LogP contribution in [-0.2, 0) is 0 Å². The van der Waals surface area contributed by atoms with Gasteiger partial charge in [0.05, 0.1) is 30.1 Å². The lowest BCUT2D eigenvalue weighted by Crippen LogP contribution is -2.03. The van der Waals surface area contributed by atoms with Gasteiger partial charge in [0.15, 0.2) is 5.82 Å². The maximum atomic E-state index is 6.06. The summed E-state index contributed by atoms with van der Waals surface area (Å²) in [6.07, 6.45) is 3.49. The zero-order chi connectivity index (χ0) is 17.4. The van der Waals surface area contributed by atoms with Crippen LogP contribution in [-0.4, -0.2) is 26.7 Å². The molecule has 4 rings (SSSR count). The van der Waals surface area contributed by atoms with Gasteiger partial charge >= 0.3 is 0 Å². The molecule has 3 heterocycles. The van der Waals surface area contributed by atoms with Crippen LogP contribution in [0.15, 0.2) is 54.9 Å². The lowest BCUT2D eigenvalue weighted by Gasteiger charge is -2.09. The average Bonchev–Trinajstić information content (AvgIpc) is 3.05. The molecule has 4 N–H and O–H groups in total. The fourth-order valence-corrected chi connectivity index (χ4v) is 2.73. The van der Waals surface area contributed by atoms with Crippen molar-refractivity contribution < 1.29 is 4.74 Å². The van der Waals surface area contributed by atoms with Crippen LogP contribution in [0.1, 0.15) is 0 Å². The maximum absolute atomic E-state index is 6.06. The molecule has 0 unspecified atom stereocenters. The molecule has 0 fully saturated rings. The number of aromatic nitrogens is 4. The molecule has 1 aromatic carbocycles. The van der Waals surface area contributed by atoms with E-state index in [1.54, 1.807) is 42.2 Å². The second kappa shape index (κ2) is 5.79. The van der Waals surface area contributed by atoms with Crippen LogP contribution in [0.4, 0.5) is 11.4 Å². The van der Waals surface area contributed by atoms with Gasteiger partial charge in [0.25, 0.3) is 0 Å². The molecule has 0 spiro atoms. The van der Waals surface area contributed by atoms with Crippen molar-refractivity contribution in [3.8, 4) is 28.5 Å². The third-order valence-corrected chi connectivity index (χ3v) is 3.99. The fourth-order valence-electron chi connectivity index (χ4n) is 2.73. The number of benzene rings is 1. The Morgan fingerprint density at radius 2 is 1.72 bits per heavy atom. The number of nitrogens with zero attached hydrogens (tertiary/aromatic N) is 4. The molecule has 0 saturated carbocycles. The summed E-state index contributed by atoms with van der Waals surface area (Å²) in [6.45, 7) is 0. The summed E-state index contributed by atoms with van der Waals surface area (Å²) in [5.74, 6) is 1.03. The van der Waals surface area contributed by atoms with Crippen molar-refractivity contribution in [2.24, 2.45) is 0 Å². The van der Waals surface area contributed by atoms with Crippen molar-refractivity contribution in [3.63, 3.8) is 0 Å². The zero-order valence-electron chi connectivity index (χ0n) is 13.5. The largest absolute Gasteiger partial charge is 0.481 e. The SMILES string of the molecule is COc1ccc(-c2ccc3cnc(-c4c(N)cccc4N)nn23)cn1. The number of hydrogen-bond donors (Lipinski definition) is 2. The third-order valence-electron chi connectivity index (χ3n) is 3.99. The fraction of sp³-hybridized carbons (Fsp3) is 0.0556. The van der Waals surface area contributed by atoms with E-state index in [0.29, 0.717) is 28.6 Å². The Morgan fingerprint density at radius 3 is 2.40 bits per heavy atom. The van der Waals surface area contributed by atoms with Gasteiger partial charge < -0.3 is 16.2 Å². The molecule has 7 heteroatoms. The number of pyridine rings is 1. The van der Waals surface area contributed by atoms with E-state index in [9.17, 15) is 0 Å². The van der Waals surface area contributed by atoms with Gasteiger partial charge in [0, 0.05) is 29.2 Å². The summed E-state index contributed by atoms with van der Waals surface area (Å²) in [6, 6.07) is 13.0. The van der Waals surface area contributed by atoms with Crippen LogP contribution in [0.25, 0.3) is 28.2 Å². The summed E-state index contributed by atoms with van der Waals surface area (Å²) >= 11 is 0. The molecule has 0 amide bonds. The van der Waals surface area contributed by atoms with Crippen molar-refractivity contribution in [2.45, 2.75) is 0 Å². The second-order valence-electron chi connectivity index (χ2n) is 5.54. The highest BCUT2D eigenvalue weighted by atomic mass is 16.5. The molecule has 0 radical (unpaired) electrons. The van der Waals surface area contributed by atoms with E-state index in [1.165, 1.54) is 0 Å². The summed E-state index contributed by atoms with van der Waals surface area (Å²) < 4.78 is 6.91. The highest BCUT2D eigenvalue weighted by Crippen LogP contribution is 2.30. The Hall–Kier alpha value is -3.61. The van der Waals surface area contributed by atoms with E-state index < -0.39 is 0 Å². The molecule has 7 nitrogen and oxygen atoms in total. The minimum absolute atomic E-state index is 0.474. The molecule has 4 aromatic rings. The first-order chi connectivity index (χ1) is 12.2. The van der Waals surface area contributed by atoms with Crippen molar-refractivity contribution >= 4 is 16.9 Å². The highest BCUT2D eigenvalue weighted by Gasteiger charge is 2.13. The number of hydrogen-bond acceptors (Lipinski definition) is 6. The Balaban J connectivity index is 1.88. The molecule has 0 aliphatic rings. The first kappa shape index (κ1) is 14.9. The molecule has 0 aliphatic carbocycles. The molecule has 124 valence electrons. The first-order valence-corrected chi connectivity index (χ1v) is 7.67. The van der Waals surface area contributed by atoms with Crippen LogP contribution in [0, 0.1) is 0 Å². The van der Waals surface area contributed by atoms with Crippen LogP contribution < -0.4 is 16.2 Å². The van der Waals surface area contributed by atoms with Gasteiger partial charge in [-0.1, -0.05) is 6.07 Å². The standard InChI is InChI=1S/C18H16N6O/c1-25-16-8-5-11(9-21-16)15-7-6-12-10-22-18(23-24(12)15)17-13(19)3-2-4-14(17)20/h2-10H,19-20H2,1H3. The minimum atomic E-state index is 0.474. The van der Waals surface area contributed by atoms with Gasteiger partial charge in [-0.15, -0.1) is 5.10 Å². The van der Waals surface area contributed by atoms with E-state index in [-0.39, 0.29) is 0 Å². The Labute approximate surface area is 143 Å². The number of methoxy groups -OCH3 is 1. The number of ether oxygens (including phenoxy) is 1. The van der Waals surface area contributed by atoms with Crippen molar-refractivity contribution in [1.82, 2.24) is 19.6 Å². The smallest absolute Gasteiger partial charge is 0.212 e. The predicted octanol–water partition coefficient (Wildman–Crippen LogP) is 2.63. The Bertz CT molecular complexity index is 1030. The molecule has 0 saturated heterocycles. The highest BCUT2D eigenvalue weighted by molar-refractivity contribution is 5.83. The van der Waals surface area contributed by atoms with Gasteiger partial charge in [-0.2, -0.15) is 0 Å². The summed E-state index contributed by atoms with van der Waals surface area (Å²) in [4.78, 5) is 8.66. The second-order valence-corrected chi connectivity index (χ2v) is 5.54. The number of fused-ring (bicyclic) bond motifs is 1. The van der Waals surface area contributed by atoms with Gasteiger partial charge in [-0.3, -0.25) is 0 Å². The predicted molar refractivity (Wildman–Crippen MR) is 97.0 cm³/mol. The quantitative estimate of drug-likeness (QED) is 0.559. The average molecular weight is 332 g/mol. The topological polar surface area (TPSA) is 104 Å². The van der Waals surface area contributed by atoms with E-state index in [2.05, 4.69) is 15.1 Å². The summed E-state index contributed by atoms with van der Waals surface area (Å²) in [7, 11) is 1.59. The van der Waals surface area contributed by atoms with Gasteiger partial charge in [0.2, 0.25) is 5.88 Å². The van der Waals surface area contributed by atoms with E-state index >= 15 is 0 Å². The summed E-state index contributed by atoms with van der Waals surface area (Å²) in [5, 5.41) is 4.63. The van der Waals surface area contributed by atoms with E-state index in [1.807, 2.05) is 24.3 Å². The van der Waals surface area contributed by atoms with E-state index in [4.69, 9.17) is 16.2 Å². The van der Waals surface area contributed by atoms with Gasteiger partial charge in [-0.05, 0) is 30.3 Å². The number of nitrogen functional groups attached to an aromatic ring is 2. The summed E-state index contributed by atoms with van der Waals surface area (Å²) in [5.41, 5.74) is 16.5. The molecule has 25 heavy (non-hydrogen) atoms. The van der Waals surface area contributed by atoms with Crippen LogP contribution >= 0.6 is 0 Å². The molecule has 0 aliphatic heterocycles. The normalized spacial score (nSPS) is 10.9. The molecule has 3 aromatic heterocycles. The lowest BCUT2D eigenvalue weighted by atomic mass is 10.1. The monoisotopic (exact) mass is 332 g/mol. The first-order valence-electron chi connectivity index (χ1n) is 7.67. The minimum Gasteiger partial charge on any atom is -0.481 e. The molecule has 0 atom stereocenters. The van der Waals surface area contributed by atoms with Crippen LogP contribution in [0.2, 0.25) is 0 Å². The molecular weight excluding hydrogens is 316 g/mol. The Kier molecular flexibility index (Phi) is 3.46. The third kappa shape index (κ3) is 2.51. The Morgan fingerprint density at radius 1 is 0.920 bits per heavy atom. The maximum Gasteiger partial charge on any atom is 0.212 e. The van der Waals surface area contributed by atoms with Crippen LogP contribution in [0.3, 0.4) is 0 Å². The van der Waals surface area contributed by atoms with Gasteiger partial charge in [0.1, 0.15) is 0 Å². The number of rotatable bonds is 3. The van der Waals surface area contributed by atoms with Crippen molar-refractivity contribution in [1.29, 1.82) is 0 Å². The van der Waals surface area contributed by atoms with Crippen molar-refractivity contribution in [3.05, 3.63) is 54.9 Å². The zero-order valence-corrected chi connectivity index (χ0v) is 13.5. The van der Waals surface area contributed by atoms with Crippen LogP contribution in [0.5, 0.6) is 5.88 Å².